The van der Waals surface area contributed by atoms with Crippen LogP contribution in [-0.4, -0.2) is 29.6 Å². The van der Waals surface area contributed by atoms with Crippen LogP contribution in [0.3, 0.4) is 0 Å². The fourth-order valence-electron chi connectivity index (χ4n) is 5.47. The van der Waals surface area contributed by atoms with Crippen molar-refractivity contribution in [3.05, 3.63) is 46.8 Å². The molecule has 0 spiro atoms. The van der Waals surface area contributed by atoms with Crippen LogP contribution < -0.4 is 0 Å². The molecule has 29 heavy (non-hydrogen) atoms. The molecule has 3 aliphatic rings. The van der Waals surface area contributed by atoms with Crippen LogP contribution in [0.1, 0.15) is 68.2 Å². The Bertz CT molecular complexity index is 642. The van der Waals surface area contributed by atoms with Crippen molar-refractivity contribution in [1.29, 1.82) is 0 Å². The lowest BCUT2D eigenvalue weighted by Crippen LogP contribution is -2.35. The summed E-state index contributed by atoms with van der Waals surface area (Å²) < 4.78 is 0. The van der Waals surface area contributed by atoms with Gasteiger partial charge in [-0.1, -0.05) is 79.7 Å². The predicted octanol–water partition coefficient (Wildman–Crippen LogP) is 6.85. The molecule has 2 aliphatic carbocycles. The maximum Gasteiger partial charge on any atom is 0.0899 e. The molecule has 3 rings (SSSR count). The highest BCUT2D eigenvalue weighted by Crippen LogP contribution is 2.41. The van der Waals surface area contributed by atoms with Crippen LogP contribution in [0, 0.1) is 35.5 Å². The van der Waals surface area contributed by atoms with Gasteiger partial charge in [0.2, 0.25) is 0 Å². The average Bonchev–Trinajstić information content (AvgIpc) is 3.15. The Labute approximate surface area is 180 Å². The van der Waals surface area contributed by atoms with E-state index in [-0.39, 0.29) is 0 Å². The molecule has 0 aromatic rings. The number of hydrogen-bond acceptors (Lipinski definition) is 2. The summed E-state index contributed by atoms with van der Waals surface area (Å²) in [7, 11) is 0. The summed E-state index contributed by atoms with van der Waals surface area (Å²) in [6, 6.07) is 0. The standard InChI is InChI=1S/C27H44N2/c1-18(2)22-11-9-12-23(19(3)4)26(22)28-15-16-29(17-28)27-24(20(5)6)13-10-14-25(27)21(7)8/h9-11,13,18-21,23,25H,12,14-17H2,1-8H3. The average molecular weight is 397 g/mol. The molecular weight excluding hydrogens is 352 g/mol. The van der Waals surface area contributed by atoms with E-state index in [1.54, 1.807) is 22.5 Å². The topological polar surface area (TPSA) is 6.48 Å². The van der Waals surface area contributed by atoms with Gasteiger partial charge in [0.05, 0.1) is 6.67 Å². The van der Waals surface area contributed by atoms with Gasteiger partial charge in [-0.3, -0.25) is 0 Å². The van der Waals surface area contributed by atoms with E-state index < -0.39 is 0 Å². The molecule has 1 saturated heterocycles. The lowest BCUT2D eigenvalue weighted by molar-refractivity contribution is 0.241. The fourth-order valence-corrected chi connectivity index (χ4v) is 5.47. The minimum absolute atomic E-state index is 0.586. The summed E-state index contributed by atoms with van der Waals surface area (Å²) in [6.07, 6.45) is 12.0. The number of nitrogens with zero attached hydrogens (tertiary/aromatic N) is 2. The normalized spacial score (nSPS) is 25.8. The van der Waals surface area contributed by atoms with Crippen LogP contribution in [0.15, 0.2) is 46.8 Å². The van der Waals surface area contributed by atoms with Gasteiger partial charge in [-0.25, -0.2) is 0 Å². The Kier molecular flexibility index (Phi) is 7.02. The second kappa shape index (κ2) is 9.14. The van der Waals surface area contributed by atoms with Gasteiger partial charge in [0, 0.05) is 36.3 Å². The summed E-state index contributed by atoms with van der Waals surface area (Å²) in [5.74, 6) is 3.85. The third-order valence-electron chi connectivity index (χ3n) is 7.18. The molecular formula is C27H44N2. The van der Waals surface area contributed by atoms with Crippen molar-refractivity contribution in [1.82, 2.24) is 9.80 Å². The van der Waals surface area contributed by atoms with Gasteiger partial charge in [-0.2, -0.15) is 0 Å². The van der Waals surface area contributed by atoms with Crippen LogP contribution in [-0.2, 0) is 0 Å². The summed E-state index contributed by atoms with van der Waals surface area (Å²) in [5.41, 5.74) is 6.41. The number of rotatable bonds is 6. The van der Waals surface area contributed by atoms with E-state index in [4.69, 9.17) is 0 Å². The lowest BCUT2D eigenvalue weighted by Gasteiger charge is -2.39. The molecule has 0 amide bonds. The van der Waals surface area contributed by atoms with Crippen molar-refractivity contribution in [3.63, 3.8) is 0 Å². The van der Waals surface area contributed by atoms with Crippen molar-refractivity contribution in [2.24, 2.45) is 35.5 Å². The highest BCUT2D eigenvalue weighted by atomic mass is 15.4. The van der Waals surface area contributed by atoms with Gasteiger partial charge in [-0.05, 0) is 47.7 Å². The van der Waals surface area contributed by atoms with E-state index in [1.807, 2.05) is 0 Å². The largest absolute Gasteiger partial charge is 0.355 e. The quantitative estimate of drug-likeness (QED) is 0.484. The maximum absolute atomic E-state index is 2.73. The monoisotopic (exact) mass is 396 g/mol. The van der Waals surface area contributed by atoms with Gasteiger partial charge in [0.15, 0.2) is 0 Å². The predicted molar refractivity (Wildman–Crippen MR) is 126 cm³/mol. The van der Waals surface area contributed by atoms with Crippen LogP contribution in [0.4, 0.5) is 0 Å². The Morgan fingerprint density at radius 2 is 1.03 bits per heavy atom. The van der Waals surface area contributed by atoms with Crippen molar-refractivity contribution < 1.29 is 0 Å². The highest BCUT2D eigenvalue weighted by molar-refractivity contribution is 5.35. The second-order valence-electron chi connectivity index (χ2n) is 10.6. The van der Waals surface area contributed by atoms with Crippen LogP contribution in [0.25, 0.3) is 0 Å². The van der Waals surface area contributed by atoms with Crippen molar-refractivity contribution >= 4 is 0 Å². The molecule has 0 N–H and O–H groups in total. The van der Waals surface area contributed by atoms with Gasteiger partial charge >= 0.3 is 0 Å². The molecule has 1 aliphatic heterocycles. The van der Waals surface area contributed by atoms with Crippen LogP contribution >= 0.6 is 0 Å². The summed E-state index contributed by atoms with van der Waals surface area (Å²) in [5, 5.41) is 0. The lowest BCUT2D eigenvalue weighted by atomic mass is 9.80. The molecule has 2 atom stereocenters. The molecule has 0 bridgehead atoms. The molecule has 0 aromatic heterocycles. The molecule has 2 heteroatoms. The highest BCUT2D eigenvalue weighted by Gasteiger charge is 2.35. The number of allylic oxidation sites excluding steroid dienone is 8. The molecule has 1 heterocycles. The van der Waals surface area contributed by atoms with Crippen LogP contribution in [0.5, 0.6) is 0 Å². The first-order chi connectivity index (χ1) is 13.7. The third-order valence-corrected chi connectivity index (χ3v) is 7.18. The van der Waals surface area contributed by atoms with Crippen molar-refractivity contribution in [2.75, 3.05) is 19.8 Å². The SMILES string of the molecule is CC(C)C1=C(N2CCN(C3=C(C(C)C)C=CCC3C(C)C)C2)C(C(C)C)CC=C1. The molecule has 0 aromatic carbocycles. The zero-order valence-corrected chi connectivity index (χ0v) is 20.2. The van der Waals surface area contributed by atoms with E-state index in [2.05, 4.69) is 89.5 Å². The maximum atomic E-state index is 2.73. The summed E-state index contributed by atoms with van der Waals surface area (Å²) in [6.45, 7) is 22.4. The molecule has 162 valence electrons. The van der Waals surface area contributed by atoms with Gasteiger partial charge in [0.25, 0.3) is 0 Å². The fraction of sp³-hybridized carbons (Fsp3) is 0.704. The molecule has 1 fully saturated rings. The van der Waals surface area contributed by atoms with E-state index >= 15 is 0 Å². The first kappa shape index (κ1) is 22.2. The zero-order chi connectivity index (χ0) is 21.3. The van der Waals surface area contributed by atoms with Crippen molar-refractivity contribution in [2.45, 2.75) is 68.2 Å². The second-order valence-corrected chi connectivity index (χ2v) is 10.6. The van der Waals surface area contributed by atoms with Crippen LogP contribution in [0.2, 0.25) is 0 Å². The Morgan fingerprint density at radius 1 is 0.655 bits per heavy atom. The van der Waals surface area contributed by atoms with Gasteiger partial charge < -0.3 is 9.80 Å². The smallest absolute Gasteiger partial charge is 0.0899 e. The molecule has 0 saturated carbocycles. The Morgan fingerprint density at radius 3 is 1.34 bits per heavy atom. The van der Waals surface area contributed by atoms with E-state index in [1.165, 1.54) is 12.8 Å². The third kappa shape index (κ3) is 4.52. The first-order valence-corrected chi connectivity index (χ1v) is 12.0. The van der Waals surface area contributed by atoms with Crippen molar-refractivity contribution in [3.8, 4) is 0 Å². The summed E-state index contributed by atoms with van der Waals surface area (Å²) in [4.78, 5) is 5.45. The molecule has 0 radical (unpaired) electrons. The minimum atomic E-state index is 0.586. The molecule has 2 unspecified atom stereocenters. The summed E-state index contributed by atoms with van der Waals surface area (Å²) >= 11 is 0. The van der Waals surface area contributed by atoms with E-state index in [9.17, 15) is 0 Å². The van der Waals surface area contributed by atoms with Gasteiger partial charge in [0.1, 0.15) is 0 Å². The van der Waals surface area contributed by atoms with E-state index in [0.29, 0.717) is 35.5 Å². The Balaban J connectivity index is 1.95. The first-order valence-electron chi connectivity index (χ1n) is 12.0. The molecule has 2 nitrogen and oxygen atoms in total. The Hall–Kier alpha value is -1.44. The minimum Gasteiger partial charge on any atom is -0.355 e. The van der Waals surface area contributed by atoms with E-state index in [0.717, 1.165) is 19.8 Å². The number of hydrogen-bond donors (Lipinski definition) is 0. The zero-order valence-electron chi connectivity index (χ0n) is 20.2. The van der Waals surface area contributed by atoms with Gasteiger partial charge in [-0.15, -0.1) is 0 Å².